The highest BCUT2D eigenvalue weighted by Gasteiger charge is 2.25. The van der Waals surface area contributed by atoms with E-state index in [0.29, 0.717) is 5.56 Å². The number of amides is 2. The first kappa shape index (κ1) is 15.8. The Morgan fingerprint density at radius 2 is 1.73 bits per heavy atom. The highest BCUT2D eigenvalue weighted by atomic mass is 16.6. The number of fused-ring (bicyclic) bond motifs is 1. The summed E-state index contributed by atoms with van der Waals surface area (Å²) in [5.41, 5.74) is 5.46. The number of hydrogen-bond acceptors (Lipinski definition) is 3. The number of nitrogens with two attached hydrogens (primary N) is 1. The van der Waals surface area contributed by atoms with Gasteiger partial charge in [0.2, 0.25) is 5.91 Å². The molecule has 0 heterocycles. The Balaban J connectivity index is 2.35. The van der Waals surface area contributed by atoms with Gasteiger partial charge in [0, 0.05) is 0 Å². The van der Waals surface area contributed by atoms with E-state index in [1.807, 2.05) is 36.4 Å². The van der Waals surface area contributed by atoms with Crippen molar-refractivity contribution in [3.8, 4) is 0 Å². The van der Waals surface area contributed by atoms with Gasteiger partial charge >= 0.3 is 6.09 Å². The Labute approximate surface area is 129 Å². The van der Waals surface area contributed by atoms with E-state index >= 15 is 0 Å². The molecule has 0 aliphatic rings. The van der Waals surface area contributed by atoms with Gasteiger partial charge in [0.05, 0.1) is 0 Å². The largest absolute Gasteiger partial charge is 0.444 e. The molecule has 0 saturated carbocycles. The lowest BCUT2D eigenvalue weighted by Gasteiger charge is -2.23. The van der Waals surface area contributed by atoms with E-state index < -0.39 is 23.6 Å². The number of alkyl carbamates (subject to hydrolysis) is 1. The van der Waals surface area contributed by atoms with Crippen molar-refractivity contribution in [1.82, 2.24) is 5.32 Å². The molecule has 22 heavy (non-hydrogen) atoms. The van der Waals surface area contributed by atoms with Gasteiger partial charge in [-0.3, -0.25) is 4.79 Å². The zero-order valence-corrected chi connectivity index (χ0v) is 12.9. The first-order valence-electron chi connectivity index (χ1n) is 7.04. The van der Waals surface area contributed by atoms with Gasteiger partial charge in [-0.25, -0.2) is 4.79 Å². The second-order valence-electron chi connectivity index (χ2n) is 6.05. The van der Waals surface area contributed by atoms with Gasteiger partial charge in [-0.05, 0) is 37.1 Å². The van der Waals surface area contributed by atoms with Crippen LogP contribution in [0.4, 0.5) is 4.79 Å². The van der Waals surface area contributed by atoms with Crippen LogP contribution in [0.3, 0.4) is 0 Å². The maximum atomic E-state index is 11.9. The minimum atomic E-state index is -0.944. The molecule has 0 spiro atoms. The molecule has 2 aromatic carbocycles. The van der Waals surface area contributed by atoms with Gasteiger partial charge in [-0.1, -0.05) is 42.5 Å². The molecule has 2 rings (SSSR count). The molecular formula is C17H20N2O3. The van der Waals surface area contributed by atoms with Crippen LogP contribution in [-0.4, -0.2) is 17.6 Å². The van der Waals surface area contributed by atoms with Crippen molar-refractivity contribution in [2.45, 2.75) is 32.4 Å². The Morgan fingerprint density at radius 3 is 2.36 bits per heavy atom. The van der Waals surface area contributed by atoms with E-state index in [1.54, 1.807) is 26.8 Å². The SMILES string of the molecule is CC(C)(C)OC(=O)NC(C(N)=O)c1cccc2ccccc12. The predicted molar refractivity (Wildman–Crippen MR) is 85.3 cm³/mol. The lowest BCUT2D eigenvalue weighted by Crippen LogP contribution is -2.40. The number of rotatable bonds is 3. The molecule has 0 radical (unpaired) electrons. The van der Waals surface area contributed by atoms with Crippen LogP contribution in [0.5, 0.6) is 0 Å². The lowest BCUT2D eigenvalue weighted by atomic mass is 9.98. The molecule has 0 saturated heterocycles. The molecule has 0 aliphatic carbocycles. The number of nitrogens with one attached hydrogen (secondary N) is 1. The van der Waals surface area contributed by atoms with Gasteiger partial charge < -0.3 is 15.8 Å². The summed E-state index contributed by atoms with van der Waals surface area (Å²) in [7, 11) is 0. The Hall–Kier alpha value is -2.56. The van der Waals surface area contributed by atoms with Crippen molar-refractivity contribution in [2.75, 3.05) is 0 Å². The average Bonchev–Trinajstić information content (AvgIpc) is 2.42. The minimum Gasteiger partial charge on any atom is -0.444 e. The first-order chi connectivity index (χ1) is 10.3. The molecule has 3 N–H and O–H groups in total. The normalized spacial score (nSPS) is 12.7. The molecule has 116 valence electrons. The molecule has 5 nitrogen and oxygen atoms in total. The van der Waals surface area contributed by atoms with Crippen LogP contribution in [0.2, 0.25) is 0 Å². The van der Waals surface area contributed by atoms with E-state index in [1.165, 1.54) is 0 Å². The van der Waals surface area contributed by atoms with Crippen LogP contribution < -0.4 is 11.1 Å². The molecule has 2 amide bonds. The Kier molecular flexibility index (Phi) is 4.35. The third-order valence-electron chi connectivity index (χ3n) is 3.08. The van der Waals surface area contributed by atoms with Crippen LogP contribution >= 0.6 is 0 Å². The number of ether oxygens (including phenoxy) is 1. The van der Waals surface area contributed by atoms with Gasteiger partial charge in [0.15, 0.2) is 0 Å². The van der Waals surface area contributed by atoms with Crippen LogP contribution in [-0.2, 0) is 9.53 Å². The maximum absolute atomic E-state index is 11.9. The van der Waals surface area contributed by atoms with Crippen LogP contribution in [0.25, 0.3) is 10.8 Å². The summed E-state index contributed by atoms with van der Waals surface area (Å²) < 4.78 is 5.19. The highest BCUT2D eigenvalue weighted by Crippen LogP contribution is 2.24. The molecule has 0 aliphatic heterocycles. The second kappa shape index (κ2) is 6.05. The fraction of sp³-hybridized carbons (Fsp3) is 0.294. The van der Waals surface area contributed by atoms with Crippen molar-refractivity contribution in [2.24, 2.45) is 5.73 Å². The van der Waals surface area contributed by atoms with Crippen LogP contribution in [0, 0.1) is 0 Å². The van der Waals surface area contributed by atoms with E-state index in [9.17, 15) is 9.59 Å². The Bertz CT molecular complexity index is 699. The number of benzene rings is 2. The van der Waals surface area contributed by atoms with Crippen molar-refractivity contribution < 1.29 is 14.3 Å². The average molecular weight is 300 g/mol. The van der Waals surface area contributed by atoms with Gasteiger partial charge in [-0.2, -0.15) is 0 Å². The molecule has 0 fully saturated rings. The smallest absolute Gasteiger partial charge is 0.408 e. The zero-order valence-electron chi connectivity index (χ0n) is 12.9. The summed E-state index contributed by atoms with van der Waals surface area (Å²) >= 11 is 0. The number of carbonyl (C=O) groups excluding carboxylic acids is 2. The topological polar surface area (TPSA) is 81.4 Å². The summed E-state index contributed by atoms with van der Waals surface area (Å²) in [6.45, 7) is 5.26. The summed E-state index contributed by atoms with van der Waals surface area (Å²) in [4.78, 5) is 23.7. The van der Waals surface area contributed by atoms with E-state index in [4.69, 9.17) is 10.5 Å². The quantitative estimate of drug-likeness (QED) is 0.914. The standard InChI is InChI=1S/C17H20N2O3/c1-17(2,3)22-16(21)19-14(15(18)20)13-10-6-8-11-7-4-5-9-12(11)13/h4-10,14H,1-3H3,(H2,18,20)(H,19,21). The lowest BCUT2D eigenvalue weighted by molar-refractivity contribution is -0.120. The molecule has 2 aromatic rings. The summed E-state index contributed by atoms with van der Waals surface area (Å²) in [5, 5.41) is 4.38. The van der Waals surface area contributed by atoms with E-state index in [2.05, 4.69) is 5.32 Å². The zero-order chi connectivity index (χ0) is 16.3. The number of carbonyl (C=O) groups is 2. The van der Waals surface area contributed by atoms with Gasteiger partial charge in [-0.15, -0.1) is 0 Å². The molecular weight excluding hydrogens is 280 g/mol. The fourth-order valence-electron chi connectivity index (χ4n) is 2.23. The number of primary amides is 1. The predicted octanol–water partition coefficient (Wildman–Crippen LogP) is 2.89. The van der Waals surface area contributed by atoms with E-state index in [-0.39, 0.29) is 0 Å². The van der Waals surface area contributed by atoms with Crippen LogP contribution in [0.1, 0.15) is 32.4 Å². The third-order valence-corrected chi connectivity index (χ3v) is 3.08. The monoisotopic (exact) mass is 300 g/mol. The first-order valence-corrected chi connectivity index (χ1v) is 7.04. The van der Waals surface area contributed by atoms with Crippen molar-refractivity contribution in [3.63, 3.8) is 0 Å². The summed E-state index contributed by atoms with van der Waals surface area (Å²) in [6.07, 6.45) is -0.677. The fourth-order valence-corrected chi connectivity index (χ4v) is 2.23. The van der Waals surface area contributed by atoms with Gasteiger partial charge in [0.1, 0.15) is 11.6 Å². The second-order valence-corrected chi connectivity index (χ2v) is 6.05. The Morgan fingerprint density at radius 1 is 1.09 bits per heavy atom. The maximum Gasteiger partial charge on any atom is 0.408 e. The molecule has 1 atom stereocenters. The molecule has 0 aromatic heterocycles. The van der Waals surface area contributed by atoms with Crippen molar-refractivity contribution in [1.29, 1.82) is 0 Å². The van der Waals surface area contributed by atoms with Gasteiger partial charge in [0.25, 0.3) is 0 Å². The highest BCUT2D eigenvalue weighted by molar-refractivity contribution is 5.93. The molecule has 5 heteroatoms. The molecule has 1 unspecified atom stereocenters. The van der Waals surface area contributed by atoms with Crippen molar-refractivity contribution >= 4 is 22.8 Å². The van der Waals surface area contributed by atoms with E-state index in [0.717, 1.165) is 10.8 Å². The van der Waals surface area contributed by atoms with Crippen LogP contribution in [0.15, 0.2) is 42.5 Å². The minimum absolute atomic E-state index is 0.637. The van der Waals surface area contributed by atoms with Crippen molar-refractivity contribution in [3.05, 3.63) is 48.0 Å². The summed E-state index contributed by atoms with van der Waals surface area (Å²) in [6, 6.07) is 12.2. The summed E-state index contributed by atoms with van der Waals surface area (Å²) in [5.74, 6) is -0.637. The molecule has 0 bridgehead atoms. The third kappa shape index (κ3) is 3.75. The number of hydrogen-bond donors (Lipinski definition) is 2.